The van der Waals surface area contributed by atoms with Gasteiger partial charge in [0.2, 0.25) is 0 Å². The number of hydrogen-bond donors (Lipinski definition) is 1. The molecule has 5 heteroatoms. The molecule has 1 spiro atoms. The van der Waals surface area contributed by atoms with E-state index in [0.717, 1.165) is 36.8 Å². The van der Waals surface area contributed by atoms with Crippen LogP contribution in [0.3, 0.4) is 0 Å². The van der Waals surface area contributed by atoms with E-state index < -0.39 is 5.79 Å². The molecule has 1 aliphatic carbocycles. The smallest absolute Gasteiger partial charge is 0.255 e. The summed E-state index contributed by atoms with van der Waals surface area (Å²) in [6, 6.07) is 6.14. The van der Waals surface area contributed by atoms with Crippen LogP contribution in [-0.2, 0) is 22.3 Å². The number of fused-ring (bicyclic) bond motifs is 3. The number of para-hydroxylation sites is 1. The Hall–Kier alpha value is -1.85. The molecule has 138 valence electrons. The van der Waals surface area contributed by atoms with Crippen LogP contribution in [0.15, 0.2) is 18.2 Å². The molecule has 2 saturated heterocycles. The molecule has 2 fully saturated rings. The second kappa shape index (κ2) is 6.10. The number of piperidine rings is 1. The Morgan fingerprint density at radius 2 is 2.00 bits per heavy atom. The SMILES string of the molecule is C[C@@H]1CCc2[nH]c3c(C(=O)N4CCC5(CC4)OCCO5)cccc3c2C1. The topological polar surface area (TPSA) is 54.6 Å². The van der Waals surface area contributed by atoms with Gasteiger partial charge in [0.05, 0.1) is 24.3 Å². The van der Waals surface area contributed by atoms with Gasteiger partial charge in [0.25, 0.3) is 5.91 Å². The standard InChI is InChI=1S/C21H26N2O3/c1-14-5-6-18-17(13-14)15-3-2-4-16(19(15)22-18)20(24)23-9-7-21(8-10-23)25-11-12-26-21/h2-4,14,22H,5-13H2,1H3/t14-/m1/s1. The van der Waals surface area contributed by atoms with E-state index in [1.54, 1.807) is 0 Å². The number of H-pyrrole nitrogens is 1. The van der Waals surface area contributed by atoms with Crippen molar-refractivity contribution < 1.29 is 14.3 Å². The monoisotopic (exact) mass is 354 g/mol. The van der Waals surface area contributed by atoms with E-state index in [2.05, 4.69) is 18.0 Å². The van der Waals surface area contributed by atoms with Crippen LogP contribution in [-0.4, -0.2) is 47.9 Å². The van der Waals surface area contributed by atoms with E-state index in [0.29, 0.717) is 32.2 Å². The zero-order valence-electron chi connectivity index (χ0n) is 15.3. The number of carbonyl (C=O) groups is 1. The van der Waals surface area contributed by atoms with Gasteiger partial charge in [-0.3, -0.25) is 4.79 Å². The summed E-state index contributed by atoms with van der Waals surface area (Å²) in [4.78, 5) is 18.7. The van der Waals surface area contributed by atoms with Crippen molar-refractivity contribution >= 4 is 16.8 Å². The summed E-state index contributed by atoms with van der Waals surface area (Å²) in [7, 11) is 0. The van der Waals surface area contributed by atoms with Gasteiger partial charge < -0.3 is 19.4 Å². The number of aryl methyl sites for hydroxylation is 1. The van der Waals surface area contributed by atoms with Crippen LogP contribution in [0.4, 0.5) is 0 Å². The Morgan fingerprint density at radius 3 is 2.77 bits per heavy atom. The number of nitrogens with zero attached hydrogens (tertiary/aromatic N) is 1. The zero-order chi connectivity index (χ0) is 17.7. The Balaban J connectivity index is 1.43. The second-order valence-electron chi connectivity index (χ2n) is 8.06. The first-order valence-electron chi connectivity index (χ1n) is 9.85. The highest BCUT2D eigenvalue weighted by Gasteiger charge is 2.41. The number of carbonyl (C=O) groups excluding carboxylic acids is 1. The Kier molecular flexibility index (Phi) is 3.83. The van der Waals surface area contributed by atoms with Crippen LogP contribution in [0.1, 0.15) is 47.8 Å². The van der Waals surface area contributed by atoms with Gasteiger partial charge in [-0.2, -0.15) is 0 Å². The summed E-state index contributed by atoms with van der Waals surface area (Å²) in [6.07, 6.45) is 4.92. The zero-order valence-corrected chi connectivity index (χ0v) is 15.3. The van der Waals surface area contributed by atoms with Crippen molar-refractivity contribution in [2.45, 2.75) is 44.8 Å². The highest BCUT2D eigenvalue weighted by molar-refractivity contribution is 6.06. The van der Waals surface area contributed by atoms with E-state index in [-0.39, 0.29) is 5.91 Å². The summed E-state index contributed by atoms with van der Waals surface area (Å²) < 4.78 is 11.6. The molecular formula is C21H26N2O3. The third kappa shape index (κ3) is 2.57. The summed E-state index contributed by atoms with van der Waals surface area (Å²) >= 11 is 0. The Labute approximate surface area is 153 Å². The number of aromatic amines is 1. The fourth-order valence-corrected chi connectivity index (χ4v) is 4.80. The predicted molar refractivity (Wildman–Crippen MR) is 99.3 cm³/mol. The predicted octanol–water partition coefficient (Wildman–Crippen LogP) is 3.27. The van der Waals surface area contributed by atoms with E-state index in [1.165, 1.54) is 23.1 Å². The fraction of sp³-hybridized carbons (Fsp3) is 0.571. The molecule has 0 saturated carbocycles. The van der Waals surface area contributed by atoms with Crippen LogP contribution >= 0.6 is 0 Å². The molecule has 2 aromatic rings. The number of aromatic nitrogens is 1. The lowest BCUT2D eigenvalue weighted by molar-refractivity contribution is -0.181. The average molecular weight is 354 g/mol. The number of benzene rings is 1. The van der Waals surface area contributed by atoms with Gasteiger partial charge in [0, 0.05) is 37.0 Å². The van der Waals surface area contributed by atoms with Gasteiger partial charge in [-0.1, -0.05) is 19.1 Å². The van der Waals surface area contributed by atoms with E-state index in [4.69, 9.17) is 9.47 Å². The van der Waals surface area contributed by atoms with Crippen molar-refractivity contribution in [2.24, 2.45) is 5.92 Å². The van der Waals surface area contributed by atoms with Crippen molar-refractivity contribution in [1.82, 2.24) is 9.88 Å². The van der Waals surface area contributed by atoms with Gasteiger partial charge in [-0.25, -0.2) is 0 Å². The minimum Gasteiger partial charge on any atom is -0.358 e. The molecule has 0 radical (unpaired) electrons. The van der Waals surface area contributed by atoms with Crippen LogP contribution in [0.2, 0.25) is 0 Å². The van der Waals surface area contributed by atoms with Gasteiger partial charge >= 0.3 is 0 Å². The van der Waals surface area contributed by atoms with Gasteiger partial charge in [0.1, 0.15) is 0 Å². The quantitative estimate of drug-likeness (QED) is 0.855. The number of likely N-dealkylation sites (tertiary alicyclic amines) is 1. The molecule has 1 aromatic heterocycles. The minimum absolute atomic E-state index is 0.120. The maximum Gasteiger partial charge on any atom is 0.255 e. The number of nitrogens with one attached hydrogen (secondary N) is 1. The molecule has 5 nitrogen and oxygen atoms in total. The molecular weight excluding hydrogens is 328 g/mol. The van der Waals surface area contributed by atoms with Crippen LogP contribution < -0.4 is 0 Å². The normalized spacial score (nSPS) is 25.0. The lowest BCUT2D eigenvalue weighted by Gasteiger charge is -2.37. The Bertz CT molecular complexity index is 840. The Morgan fingerprint density at radius 1 is 1.23 bits per heavy atom. The fourth-order valence-electron chi connectivity index (χ4n) is 4.80. The van der Waals surface area contributed by atoms with Crippen molar-refractivity contribution in [3.63, 3.8) is 0 Å². The van der Waals surface area contributed by atoms with Crippen LogP contribution in [0.25, 0.3) is 10.9 Å². The third-order valence-electron chi connectivity index (χ3n) is 6.33. The molecule has 2 aliphatic heterocycles. The van der Waals surface area contributed by atoms with Crippen molar-refractivity contribution in [2.75, 3.05) is 26.3 Å². The number of rotatable bonds is 1. The van der Waals surface area contributed by atoms with Crippen LogP contribution in [0.5, 0.6) is 0 Å². The van der Waals surface area contributed by atoms with E-state index in [1.807, 2.05) is 17.0 Å². The first kappa shape index (κ1) is 16.3. The molecule has 3 aliphatic rings. The maximum atomic E-state index is 13.2. The van der Waals surface area contributed by atoms with Crippen molar-refractivity contribution in [3.05, 3.63) is 35.0 Å². The number of hydrogen-bond acceptors (Lipinski definition) is 3. The molecule has 5 rings (SSSR count). The second-order valence-corrected chi connectivity index (χ2v) is 8.06. The summed E-state index contributed by atoms with van der Waals surface area (Å²) in [5.41, 5.74) is 4.56. The molecule has 26 heavy (non-hydrogen) atoms. The summed E-state index contributed by atoms with van der Waals surface area (Å²) in [5.74, 6) is 0.394. The van der Waals surface area contributed by atoms with Crippen molar-refractivity contribution in [3.8, 4) is 0 Å². The van der Waals surface area contributed by atoms with Gasteiger partial charge in [-0.05, 0) is 36.8 Å². The minimum atomic E-state index is -0.440. The lowest BCUT2D eigenvalue weighted by atomic mass is 9.87. The molecule has 1 amide bonds. The summed E-state index contributed by atoms with van der Waals surface area (Å²) in [6.45, 7) is 5.02. The van der Waals surface area contributed by atoms with Gasteiger partial charge in [0.15, 0.2) is 5.79 Å². The highest BCUT2D eigenvalue weighted by atomic mass is 16.7. The van der Waals surface area contributed by atoms with E-state index >= 15 is 0 Å². The number of ether oxygens (including phenoxy) is 2. The molecule has 1 N–H and O–H groups in total. The lowest BCUT2D eigenvalue weighted by Crippen LogP contribution is -2.47. The summed E-state index contributed by atoms with van der Waals surface area (Å²) in [5, 5.41) is 1.23. The largest absolute Gasteiger partial charge is 0.358 e. The molecule has 0 unspecified atom stereocenters. The maximum absolute atomic E-state index is 13.2. The molecule has 3 heterocycles. The molecule has 1 atom stereocenters. The number of amides is 1. The third-order valence-corrected chi connectivity index (χ3v) is 6.33. The van der Waals surface area contributed by atoms with Gasteiger partial charge in [-0.15, -0.1) is 0 Å². The first-order chi connectivity index (χ1) is 12.7. The van der Waals surface area contributed by atoms with Crippen LogP contribution in [0, 0.1) is 5.92 Å². The van der Waals surface area contributed by atoms with Crippen molar-refractivity contribution in [1.29, 1.82) is 0 Å². The van der Waals surface area contributed by atoms with E-state index in [9.17, 15) is 4.79 Å². The first-order valence-corrected chi connectivity index (χ1v) is 9.85. The molecule has 1 aromatic carbocycles. The highest BCUT2D eigenvalue weighted by Crippen LogP contribution is 2.35. The average Bonchev–Trinajstić information content (AvgIpc) is 3.26. The molecule has 0 bridgehead atoms.